The van der Waals surface area contributed by atoms with Gasteiger partial charge in [-0.1, -0.05) is 74.5 Å². The predicted molar refractivity (Wildman–Crippen MR) is 158 cm³/mol. The third-order valence-corrected chi connectivity index (χ3v) is 6.17. The number of nitrogens with two attached hydrogens (primary N) is 1. The van der Waals surface area contributed by atoms with E-state index in [4.69, 9.17) is 10.5 Å². The highest BCUT2D eigenvalue weighted by Gasteiger charge is 2.27. The van der Waals surface area contributed by atoms with Crippen LogP contribution in [0, 0.1) is 5.92 Å². The Bertz CT molecular complexity index is 1160. The zero-order valence-corrected chi connectivity index (χ0v) is 24.4. The van der Waals surface area contributed by atoms with Crippen LogP contribution in [0.2, 0.25) is 0 Å². The Morgan fingerprint density at radius 2 is 1.43 bits per heavy atom. The summed E-state index contributed by atoms with van der Waals surface area (Å²) in [4.78, 5) is 63.9. The second-order valence-corrected chi connectivity index (χ2v) is 10.2. The summed E-state index contributed by atoms with van der Waals surface area (Å²) in [5.41, 5.74) is 7.12. The number of rotatable bonds is 16. The number of carbonyl (C=O) groups excluding carboxylic acids is 5. The fourth-order valence-corrected chi connectivity index (χ4v) is 3.92. The summed E-state index contributed by atoms with van der Waals surface area (Å²) >= 11 is 0. The van der Waals surface area contributed by atoms with Gasteiger partial charge in [0, 0.05) is 26.6 Å². The fraction of sp³-hybridized carbons (Fsp3) is 0.433. The van der Waals surface area contributed by atoms with Crippen LogP contribution in [0.1, 0.15) is 31.4 Å². The van der Waals surface area contributed by atoms with Crippen molar-refractivity contribution in [2.24, 2.45) is 11.7 Å². The molecule has 2 unspecified atom stereocenters. The van der Waals surface area contributed by atoms with Gasteiger partial charge >= 0.3 is 6.09 Å². The number of hydrogen-bond acceptors (Lipinski definition) is 7. The van der Waals surface area contributed by atoms with Crippen molar-refractivity contribution < 1.29 is 28.7 Å². The van der Waals surface area contributed by atoms with Crippen LogP contribution in [-0.2, 0) is 36.9 Å². The average molecular weight is 583 g/mol. The maximum absolute atomic E-state index is 13.2. The van der Waals surface area contributed by atoms with Gasteiger partial charge in [0.25, 0.3) is 0 Å². The Labute approximate surface area is 246 Å². The normalized spacial score (nSPS) is 12.0. The molecule has 2 rings (SSSR count). The van der Waals surface area contributed by atoms with Crippen molar-refractivity contribution in [3.63, 3.8) is 0 Å². The largest absolute Gasteiger partial charge is 0.445 e. The van der Waals surface area contributed by atoms with Crippen molar-refractivity contribution in [3.8, 4) is 0 Å². The average Bonchev–Trinajstić information content (AvgIpc) is 2.98. The zero-order valence-electron chi connectivity index (χ0n) is 24.4. The van der Waals surface area contributed by atoms with Crippen molar-refractivity contribution in [2.75, 3.05) is 33.2 Å². The Hall–Kier alpha value is -4.45. The van der Waals surface area contributed by atoms with E-state index in [9.17, 15) is 24.0 Å². The van der Waals surface area contributed by atoms with Gasteiger partial charge in [-0.05, 0) is 23.5 Å². The first kappa shape index (κ1) is 33.8. The molecular weight excluding hydrogens is 540 g/mol. The molecule has 0 aromatic heterocycles. The summed E-state index contributed by atoms with van der Waals surface area (Å²) in [6.45, 7) is 3.70. The minimum atomic E-state index is -0.939. The van der Waals surface area contributed by atoms with Crippen LogP contribution in [0.5, 0.6) is 0 Å². The Balaban J connectivity index is 1.84. The predicted octanol–water partition coefficient (Wildman–Crippen LogP) is 0.705. The molecule has 0 heterocycles. The molecule has 0 radical (unpaired) electrons. The van der Waals surface area contributed by atoms with Gasteiger partial charge in [-0.2, -0.15) is 0 Å². The summed E-state index contributed by atoms with van der Waals surface area (Å²) in [5.74, 6) is -1.97. The SMILES string of the molecule is CC(C)CC(NC(=O)C(Cc1ccccc1)NC(=O)CN)C(=O)NCC(=O)NCCN(C)C(=O)OCc1ccccc1. The molecule has 42 heavy (non-hydrogen) atoms. The molecule has 6 N–H and O–H groups in total. The van der Waals surface area contributed by atoms with Gasteiger partial charge in [0.2, 0.25) is 23.6 Å². The van der Waals surface area contributed by atoms with Crippen LogP contribution in [0.3, 0.4) is 0 Å². The highest BCUT2D eigenvalue weighted by molar-refractivity contribution is 5.93. The lowest BCUT2D eigenvalue weighted by Crippen LogP contribution is -2.56. The van der Waals surface area contributed by atoms with Crippen molar-refractivity contribution >= 4 is 29.7 Å². The van der Waals surface area contributed by atoms with Gasteiger partial charge < -0.3 is 36.6 Å². The molecule has 0 aliphatic heterocycles. The first-order chi connectivity index (χ1) is 20.1. The van der Waals surface area contributed by atoms with Crippen LogP contribution in [-0.4, -0.2) is 79.9 Å². The third kappa shape index (κ3) is 12.8. The number of nitrogens with one attached hydrogen (secondary N) is 4. The lowest BCUT2D eigenvalue weighted by Gasteiger charge is -2.24. The van der Waals surface area contributed by atoms with Crippen molar-refractivity contribution in [1.82, 2.24) is 26.2 Å². The van der Waals surface area contributed by atoms with Crippen molar-refractivity contribution in [1.29, 1.82) is 0 Å². The molecule has 0 saturated carbocycles. The summed E-state index contributed by atoms with van der Waals surface area (Å²) in [6.07, 6.45) is 0.00478. The van der Waals surface area contributed by atoms with Crippen LogP contribution in [0.25, 0.3) is 0 Å². The second-order valence-electron chi connectivity index (χ2n) is 10.2. The number of hydrogen-bond donors (Lipinski definition) is 5. The van der Waals surface area contributed by atoms with E-state index >= 15 is 0 Å². The molecule has 0 aliphatic rings. The first-order valence-corrected chi connectivity index (χ1v) is 13.9. The van der Waals surface area contributed by atoms with Gasteiger partial charge in [-0.25, -0.2) is 4.79 Å². The molecule has 0 spiro atoms. The maximum atomic E-state index is 13.2. The number of likely N-dealkylation sites (N-methyl/N-ethyl adjacent to an activating group) is 1. The van der Waals surface area contributed by atoms with E-state index in [0.717, 1.165) is 11.1 Å². The minimum absolute atomic E-state index is 0.0540. The number of carbonyl (C=O) groups is 5. The molecule has 0 aliphatic carbocycles. The van der Waals surface area contributed by atoms with E-state index in [2.05, 4.69) is 21.3 Å². The van der Waals surface area contributed by atoms with Gasteiger partial charge in [0.05, 0.1) is 13.1 Å². The molecule has 12 nitrogen and oxygen atoms in total. The molecule has 2 atom stereocenters. The first-order valence-electron chi connectivity index (χ1n) is 13.9. The third-order valence-electron chi connectivity index (χ3n) is 6.17. The standard InChI is InChI=1S/C30H42N6O6/c1-21(2)16-24(35-29(40)25(34-26(37)18-31)17-22-10-6-4-7-11-22)28(39)33-19-27(38)32-14-15-36(3)30(41)42-20-23-12-8-5-9-13-23/h4-13,21,24-25H,14-20,31H2,1-3H3,(H,32,38)(H,33,39)(H,34,37)(H,35,40). The molecule has 2 aromatic rings. The molecule has 5 amide bonds. The van der Waals surface area contributed by atoms with Crippen LogP contribution in [0.4, 0.5) is 4.79 Å². The number of benzene rings is 2. The van der Waals surface area contributed by atoms with Crippen molar-refractivity contribution in [2.45, 2.75) is 45.4 Å². The van der Waals surface area contributed by atoms with Gasteiger partial charge in [0.1, 0.15) is 18.7 Å². The van der Waals surface area contributed by atoms with Crippen LogP contribution < -0.4 is 27.0 Å². The molecule has 228 valence electrons. The van der Waals surface area contributed by atoms with E-state index in [0.29, 0.717) is 6.42 Å². The highest BCUT2D eigenvalue weighted by Crippen LogP contribution is 2.08. The number of ether oxygens (including phenoxy) is 1. The van der Waals surface area contributed by atoms with E-state index < -0.39 is 41.8 Å². The van der Waals surface area contributed by atoms with Crippen molar-refractivity contribution in [3.05, 3.63) is 71.8 Å². The number of nitrogens with zero attached hydrogens (tertiary/aromatic N) is 1. The molecular formula is C30H42N6O6. The molecule has 0 bridgehead atoms. The monoisotopic (exact) mass is 582 g/mol. The second kappa shape index (κ2) is 18.1. The van der Waals surface area contributed by atoms with Gasteiger partial charge in [0.15, 0.2) is 0 Å². The highest BCUT2D eigenvalue weighted by atomic mass is 16.6. The van der Waals surface area contributed by atoms with Gasteiger partial charge in [-0.15, -0.1) is 0 Å². The van der Waals surface area contributed by atoms with Gasteiger partial charge in [-0.3, -0.25) is 19.2 Å². The Morgan fingerprint density at radius 3 is 2.02 bits per heavy atom. The van der Waals surface area contributed by atoms with Crippen LogP contribution in [0.15, 0.2) is 60.7 Å². The topological polar surface area (TPSA) is 172 Å². The van der Waals surface area contributed by atoms with E-state index in [1.807, 2.05) is 74.5 Å². The van der Waals surface area contributed by atoms with Crippen LogP contribution >= 0.6 is 0 Å². The molecule has 2 aromatic carbocycles. The molecule has 0 saturated heterocycles. The summed E-state index contributed by atoms with van der Waals surface area (Å²) < 4.78 is 5.25. The minimum Gasteiger partial charge on any atom is -0.445 e. The summed E-state index contributed by atoms with van der Waals surface area (Å²) in [6, 6.07) is 16.6. The summed E-state index contributed by atoms with van der Waals surface area (Å²) in [7, 11) is 1.56. The lowest BCUT2D eigenvalue weighted by molar-refractivity contribution is -0.132. The maximum Gasteiger partial charge on any atom is 0.409 e. The van der Waals surface area contributed by atoms with E-state index in [-0.39, 0.29) is 45.1 Å². The van der Waals surface area contributed by atoms with E-state index in [1.54, 1.807) is 7.05 Å². The smallest absolute Gasteiger partial charge is 0.409 e. The Kier molecular flexibility index (Phi) is 14.5. The van der Waals surface area contributed by atoms with E-state index in [1.165, 1.54) is 4.90 Å². The fourth-order valence-electron chi connectivity index (χ4n) is 3.92. The lowest BCUT2D eigenvalue weighted by atomic mass is 10.0. The molecule has 0 fully saturated rings. The number of amides is 5. The summed E-state index contributed by atoms with van der Waals surface area (Å²) in [5, 5.41) is 10.5. The Morgan fingerprint density at radius 1 is 0.810 bits per heavy atom. The zero-order chi connectivity index (χ0) is 30.9. The quantitative estimate of drug-likeness (QED) is 0.194. The molecule has 12 heteroatoms.